The van der Waals surface area contributed by atoms with Gasteiger partial charge in [-0.2, -0.15) is 52.7 Å². The van der Waals surface area contributed by atoms with Crippen LogP contribution in [0.5, 0.6) is 23.0 Å². The van der Waals surface area contributed by atoms with Crippen molar-refractivity contribution in [2.45, 2.75) is 44.0 Å². The summed E-state index contributed by atoms with van der Waals surface area (Å²) < 4.78 is 177. The number of benzene rings is 4. The summed E-state index contributed by atoms with van der Waals surface area (Å²) >= 11 is 0. The van der Waals surface area contributed by atoms with E-state index in [1.54, 1.807) is 0 Å². The van der Waals surface area contributed by atoms with E-state index in [1.165, 1.54) is 26.0 Å². The van der Waals surface area contributed by atoms with Crippen LogP contribution in [0.15, 0.2) is 84.9 Å². The van der Waals surface area contributed by atoms with Gasteiger partial charge in [0.05, 0.1) is 11.1 Å². The minimum atomic E-state index is -5.97. The van der Waals surface area contributed by atoms with Crippen molar-refractivity contribution in [1.82, 2.24) is 0 Å². The second-order valence-electron chi connectivity index (χ2n) is 10.1. The highest BCUT2D eigenvalue weighted by atomic mass is 19.4. The molecule has 14 heteroatoms. The molecule has 0 radical (unpaired) electrons. The van der Waals surface area contributed by atoms with E-state index in [9.17, 15) is 52.7 Å². The van der Waals surface area contributed by atoms with E-state index in [0.717, 1.165) is 36.4 Å². The molecule has 240 valence electrons. The van der Waals surface area contributed by atoms with Gasteiger partial charge < -0.3 is 9.47 Å². The first kappa shape index (κ1) is 33.5. The fraction of sp³-hybridized carbons (Fsp3) is 0.226. The Labute approximate surface area is 247 Å². The highest BCUT2D eigenvalue weighted by Gasteiger charge is 2.72. The summed E-state index contributed by atoms with van der Waals surface area (Å²) in [4.78, 5) is 0. The summed E-state index contributed by atoms with van der Waals surface area (Å²) in [5.41, 5.74) is -9.01. The smallest absolute Gasteiger partial charge is 0.416 e. The van der Waals surface area contributed by atoms with E-state index in [1.807, 2.05) is 0 Å². The fourth-order valence-electron chi connectivity index (χ4n) is 4.74. The first-order chi connectivity index (χ1) is 20.6. The number of alkyl halides is 12. The van der Waals surface area contributed by atoms with Gasteiger partial charge in [-0.25, -0.2) is 0 Å². The van der Waals surface area contributed by atoms with Gasteiger partial charge in [-0.1, -0.05) is 24.3 Å². The highest BCUT2D eigenvalue weighted by Crippen LogP contribution is 2.56. The first-order valence-corrected chi connectivity index (χ1v) is 12.7. The van der Waals surface area contributed by atoms with Gasteiger partial charge in [0, 0.05) is 0 Å². The van der Waals surface area contributed by atoms with E-state index in [2.05, 4.69) is 0 Å². The van der Waals surface area contributed by atoms with Crippen molar-refractivity contribution in [2.75, 3.05) is 0 Å². The molecule has 0 unspecified atom stereocenters. The SMILES string of the molecule is Cc1cc(Oc2ccc(C(c3ccc(Oc4cc(C)cc(C(F)(F)F)c4)cc3)(C(F)(F)F)C(F)(F)F)cc2)cc(C(F)(F)F)c1. The number of rotatable bonds is 6. The standard InChI is InChI=1S/C31H20F12O2/c1-17-11-21(28(32,33)34)15-25(13-17)44-23-7-3-19(4-8-23)27(30(38,39)40,31(41,42)43)20-5-9-24(10-6-20)45-26-14-18(2)12-22(16-26)29(35,36)37/h3-16H,1-2H3. The van der Waals surface area contributed by atoms with Gasteiger partial charge in [0.15, 0.2) is 0 Å². The van der Waals surface area contributed by atoms with Gasteiger partial charge in [0.1, 0.15) is 23.0 Å². The zero-order chi connectivity index (χ0) is 33.6. The molecule has 0 saturated heterocycles. The Balaban J connectivity index is 1.72. The number of hydrogen-bond acceptors (Lipinski definition) is 2. The van der Waals surface area contributed by atoms with Crippen molar-refractivity contribution >= 4 is 0 Å². The molecule has 0 bridgehead atoms. The topological polar surface area (TPSA) is 18.5 Å². The van der Waals surface area contributed by atoms with E-state index in [4.69, 9.17) is 9.47 Å². The second kappa shape index (κ2) is 11.5. The van der Waals surface area contributed by atoms with E-state index in [0.29, 0.717) is 36.4 Å². The van der Waals surface area contributed by atoms with Gasteiger partial charge in [0.25, 0.3) is 0 Å². The van der Waals surface area contributed by atoms with Crippen molar-refractivity contribution in [3.05, 3.63) is 118 Å². The molecule has 0 aliphatic carbocycles. The van der Waals surface area contributed by atoms with E-state index in [-0.39, 0.29) is 34.1 Å². The van der Waals surface area contributed by atoms with E-state index >= 15 is 0 Å². The maximum atomic E-state index is 14.5. The number of aryl methyl sites for hydroxylation is 2. The predicted octanol–water partition coefficient (Wildman–Crippen LogP) is 11.3. The zero-order valence-corrected chi connectivity index (χ0v) is 22.9. The van der Waals surface area contributed by atoms with E-state index < -0.39 is 52.4 Å². The first-order valence-electron chi connectivity index (χ1n) is 12.7. The van der Waals surface area contributed by atoms with Crippen LogP contribution in [-0.2, 0) is 17.8 Å². The fourth-order valence-corrected chi connectivity index (χ4v) is 4.74. The van der Waals surface area contributed by atoms with Crippen molar-refractivity contribution < 1.29 is 62.2 Å². The largest absolute Gasteiger partial charge is 0.457 e. The summed E-state index contributed by atoms with van der Waals surface area (Å²) in [5, 5.41) is 0. The molecule has 0 heterocycles. The molecule has 0 saturated carbocycles. The number of hydrogen-bond donors (Lipinski definition) is 0. The Morgan fingerprint density at radius 3 is 0.956 bits per heavy atom. The Morgan fingerprint density at radius 1 is 0.378 bits per heavy atom. The average molecular weight is 652 g/mol. The molecule has 0 aliphatic rings. The molecule has 0 fully saturated rings. The molecule has 0 spiro atoms. The molecule has 45 heavy (non-hydrogen) atoms. The quantitative estimate of drug-likeness (QED) is 0.193. The van der Waals surface area contributed by atoms with Crippen LogP contribution in [0.3, 0.4) is 0 Å². The van der Waals surface area contributed by atoms with Crippen molar-refractivity contribution in [3.8, 4) is 23.0 Å². The van der Waals surface area contributed by atoms with Crippen molar-refractivity contribution in [3.63, 3.8) is 0 Å². The number of halogens is 12. The lowest BCUT2D eigenvalue weighted by Gasteiger charge is -2.38. The molecule has 4 rings (SSSR count). The Bertz CT molecular complexity index is 1520. The van der Waals surface area contributed by atoms with Crippen LogP contribution in [0.1, 0.15) is 33.4 Å². The normalized spacial score (nSPS) is 13.1. The lowest BCUT2D eigenvalue weighted by molar-refractivity contribution is -0.288. The Morgan fingerprint density at radius 2 is 0.689 bits per heavy atom. The van der Waals surface area contributed by atoms with Gasteiger partial charge in [-0.05, 0) is 96.8 Å². The van der Waals surface area contributed by atoms with Gasteiger partial charge in [0.2, 0.25) is 5.41 Å². The molecular formula is C31H20F12O2. The molecule has 0 N–H and O–H groups in total. The van der Waals surface area contributed by atoms with Crippen LogP contribution in [-0.4, -0.2) is 12.4 Å². The van der Waals surface area contributed by atoms with Crippen molar-refractivity contribution in [1.29, 1.82) is 0 Å². The van der Waals surface area contributed by atoms with Crippen molar-refractivity contribution in [2.24, 2.45) is 0 Å². The Kier molecular flexibility index (Phi) is 8.59. The lowest BCUT2D eigenvalue weighted by atomic mass is 9.73. The van der Waals surface area contributed by atoms with Gasteiger partial charge >= 0.3 is 24.7 Å². The van der Waals surface area contributed by atoms with Gasteiger partial charge in [-0.15, -0.1) is 0 Å². The third-order valence-corrected chi connectivity index (χ3v) is 6.65. The maximum absolute atomic E-state index is 14.5. The molecular weight excluding hydrogens is 632 g/mol. The monoisotopic (exact) mass is 652 g/mol. The molecule has 2 nitrogen and oxygen atoms in total. The third-order valence-electron chi connectivity index (χ3n) is 6.65. The predicted molar refractivity (Wildman–Crippen MR) is 138 cm³/mol. The minimum Gasteiger partial charge on any atom is -0.457 e. The molecule has 4 aromatic carbocycles. The summed E-state index contributed by atoms with van der Waals surface area (Å²) in [5.74, 6) is -1.37. The summed E-state index contributed by atoms with van der Waals surface area (Å²) in [6, 6.07) is 10.3. The summed E-state index contributed by atoms with van der Waals surface area (Å²) in [7, 11) is 0. The number of ether oxygens (including phenoxy) is 2. The third kappa shape index (κ3) is 6.99. The maximum Gasteiger partial charge on any atom is 0.416 e. The van der Waals surface area contributed by atoms with Crippen LogP contribution in [0.25, 0.3) is 0 Å². The van der Waals surface area contributed by atoms with Crippen LogP contribution < -0.4 is 9.47 Å². The zero-order valence-electron chi connectivity index (χ0n) is 22.9. The molecule has 0 amide bonds. The highest BCUT2D eigenvalue weighted by molar-refractivity contribution is 5.49. The van der Waals surface area contributed by atoms with Crippen LogP contribution >= 0.6 is 0 Å². The minimum absolute atomic E-state index is 0.139. The van der Waals surface area contributed by atoms with Crippen LogP contribution in [0, 0.1) is 13.8 Å². The Hall–Kier alpha value is -4.36. The molecule has 4 aromatic rings. The summed E-state index contributed by atoms with van der Waals surface area (Å²) in [6.07, 6.45) is -21.4. The summed E-state index contributed by atoms with van der Waals surface area (Å²) in [6.45, 7) is 2.67. The lowest BCUT2D eigenvalue weighted by Crippen LogP contribution is -2.54. The molecule has 0 aliphatic heterocycles. The molecule has 0 aromatic heterocycles. The van der Waals surface area contributed by atoms with Crippen LogP contribution in [0.2, 0.25) is 0 Å². The van der Waals surface area contributed by atoms with Crippen LogP contribution in [0.4, 0.5) is 52.7 Å². The van der Waals surface area contributed by atoms with Gasteiger partial charge in [-0.3, -0.25) is 0 Å². The molecule has 0 atom stereocenters. The average Bonchev–Trinajstić information content (AvgIpc) is 2.88. The second-order valence-corrected chi connectivity index (χ2v) is 10.1.